The fourth-order valence-corrected chi connectivity index (χ4v) is 1.48. The molecule has 2 rings (SSSR count). The third kappa shape index (κ3) is 1.61. The van der Waals surface area contributed by atoms with Gasteiger partial charge in [0, 0.05) is 6.07 Å². The highest BCUT2D eigenvalue weighted by Gasteiger charge is 2.11. The Labute approximate surface area is 86.3 Å². The van der Waals surface area contributed by atoms with Gasteiger partial charge in [-0.3, -0.25) is 0 Å². The lowest BCUT2D eigenvalue weighted by Crippen LogP contribution is -2.24. The monoisotopic (exact) mass is 203 g/mol. The Hall–Kier alpha value is -2.10. The molecule has 2 aromatic rings. The maximum Gasteiger partial charge on any atom is 0.338 e. The fourth-order valence-electron chi connectivity index (χ4n) is 1.48. The summed E-state index contributed by atoms with van der Waals surface area (Å²) in [6, 6.07) is 6.88. The van der Waals surface area contributed by atoms with Crippen LogP contribution in [0.25, 0.3) is 10.8 Å². The molecular formula is C11H9NO3. The molecule has 0 unspecified atom stereocenters. The van der Waals surface area contributed by atoms with Crippen LogP contribution in [0.4, 0.5) is 0 Å². The van der Waals surface area contributed by atoms with Gasteiger partial charge >= 0.3 is 5.97 Å². The van der Waals surface area contributed by atoms with E-state index in [9.17, 15) is 10.0 Å². The van der Waals surface area contributed by atoms with E-state index < -0.39 is 5.97 Å². The average molecular weight is 203 g/mol. The minimum absolute atomic E-state index is 0.403. The van der Waals surface area contributed by atoms with E-state index in [1.165, 1.54) is 19.5 Å². The predicted octanol–water partition coefficient (Wildman–Crippen LogP) is 1.26. The standard InChI is InChI=1S/C11H9NO3/c1-15-11(13)9-4-2-3-8-5-6-12(14)7-10(8)9/h2-7H,1H3. The van der Waals surface area contributed by atoms with Crippen LogP contribution < -0.4 is 4.73 Å². The number of aromatic nitrogens is 1. The van der Waals surface area contributed by atoms with Gasteiger partial charge in [0.25, 0.3) is 0 Å². The van der Waals surface area contributed by atoms with E-state index in [0.717, 1.165) is 5.39 Å². The van der Waals surface area contributed by atoms with Crippen LogP contribution in [-0.4, -0.2) is 13.1 Å². The molecule has 0 bridgehead atoms. The molecule has 0 saturated carbocycles. The first kappa shape index (κ1) is 9.45. The number of carbonyl (C=O) groups is 1. The lowest BCUT2D eigenvalue weighted by Gasteiger charge is -2.03. The van der Waals surface area contributed by atoms with Crippen LogP contribution >= 0.6 is 0 Å². The van der Waals surface area contributed by atoms with Crippen molar-refractivity contribution in [2.24, 2.45) is 0 Å². The Balaban J connectivity index is 2.74. The molecule has 0 saturated heterocycles. The van der Waals surface area contributed by atoms with E-state index >= 15 is 0 Å². The van der Waals surface area contributed by atoms with Crippen molar-refractivity contribution in [3.63, 3.8) is 0 Å². The van der Waals surface area contributed by atoms with Crippen LogP contribution in [0.2, 0.25) is 0 Å². The maximum absolute atomic E-state index is 11.4. The molecule has 0 amide bonds. The highest BCUT2D eigenvalue weighted by Crippen LogP contribution is 2.17. The van der Waals surface area contributed by atoms with Gasteiger partial charge in [-0.2, -0.15) is 4.73 Å². The largest absolute Gasteiger partial charge is 0.619 e. The van der Waals surface area contributed by atoms with Crippen LogP contribution in [0.1, 0.15) is 10.4 Å². The SMILES string of the molecule is COC(=O)c1cccc2cc[n+]([O-])cc12. The van der Waals surface area contributed by atoms with Crippen molar-refractivity contribution < 1.29 is 14.3 Å². The molecule has 1 heterocycles. The van der Waals surface area contributed by atoms with Crippen molar-refractivity contribution in [1.82, 2.24) is 0 Å². The van der Waals surface area contributed by atoms with Crippen LogP contribution in [-0.2, 0) is 4.74 Å². The Morgan fingerprint density at radius 3 is 2.93 bits per heavy atom. The van der Waals surface area contributed by atoms with E-state index in [4.69, 9.17) is 0 Å². The fraction of sp³-hybridized carbons (Fsp3) is 0.0909. The number of hydrogen-bond acceptors (Lipinski definition) is 3. The first-order valence-electron chi connectivity index (χ1n) is 4.42. The number of methoxy groups -OCH3 is 1. The first-order valence-corrected chi connectivity index (χ1v) is 4.42. The molecule has 0 N–H and O–H groups in total. The Morgan fingerprint density at radius 2 is 2.20 bits per heavy atom. The van der Waals surface area contributed by atoms with Crippen molar-refractivity contribution in [2.45, 2.75) is 0 Å². The number of pyridine rings is 1. The van der Waals surface area contributed by atoms with E-state index in [1.807, 2.05) is 6.07 Å². The zero-order chi connectivity index (χ0) is 10.8. The topological polar surface area (TPSA) is 53.2 Å². The quantitative estimate of drug-likeness (QED) is 0.398. The minimum atomic E-state index is -0.438. The summed E-state index contributed by atoms with van der Waals surface area (Å²) in [7, 11) is 1.31. The molecule has 76 valence electrons. The summed E-state index contributed by atoms with van der Waals surface area (Å²) in [5, 5.41) is 12.5. The summed E-state index contributed by atoms with van der Waals surface area (Å²) in [6.07, 6.45) is 2.75. The van der Waals surface area contributed by atoms with Crippen LogP contribution in [0.5, 0.6) is 0 Å². The smallest absolute Gasteiger partial charge is 0.338 e. The molecule has 1 aromatic carbocycles. The second-order valence-corrected chi connectivity index (χ2v) is 3.10. The third-order valence-corrected chi connectivity index (χ3v) is 2.20. The number of rotatable bonds is 1. The second-order valence-electron chi connectivity index (χ2n) is 3.10. The number of hydrogen-bond donors (Lipinski definition) is 0. The number of esters is 1. The first-order chi connectivity index (χ1) is 7.22. The molecule has 0 radical (unpaired) electrons. The summed E-state index contributed by atoms with van der Waals surface area (Å²) < 4.78 is 5.30. The van der Waals surface area contributed by atoms with Crippen molar-refractivity contribution >= 4 is 16.7 Å². The lowest BCUT2D eigenvalue weighted by atomic mass is 10.1. The molecule has 0 spiro atoms. The predicted molar refractivity (Wildman–Crippen MR) is 54.2 cm³/mol. The number of carbonyl (C=O) groups excluding carboxylic acids is 1. The second kappa shape index (κ2) is 3.57. The lowest BCUT2D eigenvalue weighted by molar-refractivity contribution is -0.603. The molecule has 4 nitrogen and oxygen atoms in total. The zero-order valence-corrected chi connectivity index (χ0v) is 8.14. The van der Waals surface area contributed by atoms with Crippen molar-refractivity contribution in [3.05, 3.63) is 47.4 Å². The molecule has 4 heteroatoms. The highest BCUT2D eigenvalue weighted by atomic mass is 16.5. The molecule has 1 aromatic heterocycles. The number of ether oxygens (including phenoxy) is 1. The summed E-state index contributed by atoms with van der Waals surface area (Å²) in [5.74, 6) is -0.438. The van der Waals surface area contributed by atoms with Crippen LogP contribution in [0.15, 0.2) is 36.7 Å². The molecular weight excluding hydrogens is 194 g/mol. The highest BCUT2D eigenvalue weighted by molar-refractivity contribution is 6.03. The summed E-state index contributed by atoms with van der Waals surface area (Å²) >= 11 is 0. The van der Waals surface area contributed by atoms with Crippen molar-refractivity contribution in [2.75, 3.05) is 7.11 Å². The van der Waals surface area contributed by atoms with Gasteiger partial charge < -0.3 is 9.94 Å². The molecule has 0 aliphatic rings. The van der Waals surface area contributed by atoms with Gasteiger partial charge in [-0.25, -0.2) is 4.79 Å². The third-order valence-electron chi connectivity index (χ3n) is 2.20. The number of fused-ring (bicyclic) bond motifs is 1. The van der Waals surface area contributed by atoms with E-state index in [2.05, 4.69) is 4.74 Å². The summed E-state index contributed by atoms with van der Waals surface area (Å²) in [4.78, 5) is 11.4. The summed E-state index contributed by atoms with van der Waals surface area (Å²) in [5.41, 5.74) is 0.403. The Morgan fingerprint density at radius 1 is 1.40 bits per heavy atom. The molecule has 15 heavy (non-hydrogen) atoms. The van der Waals surface area contributed by atoms with Gasteiger partial charge in [0.1, 0.15) is 0 Å². The molecule has 0 atom stereocenters. The molecule has 0 aliphatic heterocycles. The average Bonchev–Trinajstić information content (AvgIpc) is 2.27. The van der Waals surface area contributed by atoms with Gasteiger partial charge in [0.05, 0.1) is 18.1 Å². The van der Waals surface area contributed by atoms with Gasteiger partial charge in [-0.1, -0.05) is 12.1 Å². The van der Waals surface area contributed by atoms with Gasteiger partial charge in [-0.15, -0.1) is 0 Å². The van der Waals surface area contributed by atoms with Gasteiger partial charge in [-0.05, 0) is 11.5 Å². The molecule has 0 fully saturated rings. The maximum atomic E-state index is 11.4. The van der Waals surface area contributed by atoms with E-state index in [0.29, 0.717) is 15.7 Å². The van der Waals surface area contributed by atoms with Gasteiger partial charge in [0.15, 0.2) is 12.4 Å². The van der Waals surface area contributed by atoms with Crippen LogP contribution in [0, 0.1) is 5.21 Å². The zero-order valence-electron chi connectivity index (χ0n) is 8.14. The normalized spacial score (nSPS) is 10.2. The molecule has 0 aliphatic carbocycles. The minimum Gasteiger partial charge on any atom is -0.619 e. The van der Waals surface area contributed by atoms with Gasteiger partial charge in [0.2, 0.25) is 0 Å². The Bertz CT molecular complexity index is 522. The van der Waals surface area contributed by atoms with Crippen molar-refractivity contribution in [1.29, 1.82) is 0 Å². The van der Waals surface area contributed by atoms with Crippen LogP contribution in [0.3, 0.4) is 0 Å². The van der Waals surface area contributed by atoms with E-state index in [1.54, 1.807) is 18.2 Å². The number of benzene rings is 1. The Kier molecular flexibility index (Phi) is 2.25. The summed E-state index contributed by atoms with van der Waals surface area (Å²) in [6.45, 7) is 0. The number of nitrogens with zero attached hydrogens (tertiary/aromatic N) is 1. The van der Waals surface area contributed by atoms with Crippen molar-refractivity contribution in [3.8, 4) is 0 Å². The van der Waals surface area contributed by atoms with E-state index in [-0.39, 0.29) is 0 Å².